The zero-order valence-corrected chi connectivity index (χ0v) is 13.5. The lowest BCUT2D eigenvalue weighted by molar-refractivity contribution is -0.166. The summed E-state index contributed by atoms with van der Waals surface area (Å²) >= 11 is 0. The number of ether oxygens (including phenoxy) is 1. The summed E-state index contributed by atoms with van der Waals surface area (Å²) in [5, 5.41) is 6.36. The smallest absolute Gasteiger partial charge is 0.442 e. The van der Waals surface area contributed by atoms with Crippen LogP contribution in [0.2, 0.25) is 0 Å². The first kappa shape index (κ1) is 17.1. The fourth-order valence-corrected chi connectivity index (χ4v) is 2.57. The van der Waals surface area contributed by atoms with E-state index in [4.69, 9.17) is 4.74 Å². The van der Waals surface area contributed by atoms with E-state index in [2.05, 4.69) is 15.2 Å². The van der Waals surface area contributed by atoms with Gasteiger partial charge in [-0.2, -0.15) is 13.2 Å². The molecule has 0 spiro atoms. The summed E-state index contributed by atoms with van der Waals surface area (Å²) in [4.78, 5) is 15.9. The van der Waals surface area contributed by atoms with E-state index in [1.54, 1.807) is 23.6 Å². The normalized spacial score (nSPS) is 16.5. The quantitative estimate of drug-likeness (QED) is 0.768. The molecule has 2 heterocycles. The molecule has 0 amide bonds. The van der Waals surface area contributed by atoms with Gasteiger partial charge in [-0.3, -0.25) is 0 Å². The molecule has 0 saturated heterocycles. The first-order valence-corrected chi connectivity index (χ1v) is 7.60. The summed E-state index contributed by atoms with van der Waals surface area (Å²) in [5.74, 6) is -0.505. The van der Waals surface area contributed by atoms with Crippen molar-refractivity contribution >= 4 is 5.97 Å². The third kappa shape index (κ3) is 2.90. The second-order valence-electron chi connectivity index (χ2n) is 5.57. The Balaban J connectivity index is 1.84. The molecule has 132 valence electrons. The van der Waals surface area contributed by atoms with E-state index >= 15 is 0 Å². The van der Waals surface area contributed by atoms with Gasteiger partial charge in [0.15, 0.2) is 0 Å². The van der Waals surface area contributed by atoms with Crippen molar-refractivity contribution in [3.05, 3.63) is 53.6 Å². The predicted octanol–water partition coefficient (Wildman–Crippen LogP) is 3.85. The first-order valence-electron chi connectivity index (χ1n) is 7.60. The zero-order valence-electron chi connectivity index (χ0n) is 13.5. The minimum atomic E-state index is -4.55. The van der Waals surface area contributed by atoms with Crippen molar-refractivity contribution in [1.29, 1.82) is 0 Å². The number of hydrogen-bond acceptors (Lipinski definition) is 5. The lowest BCUT2D eigenvalue weighted by Gasteiger charge is -2.18. The van der Waals surface area contributed by atoms with Gasteiger partial charge in [0.05, 0.1) is 25.2 Å². The van der Waals surface area contributed by atoms with Crippen molar-refractivity contribution < 1.29 is 22.7 Å². The number of hydrogen-bond donors (Lipinski definition) is 0. The van der Waals surface area contributed by atoms with Crippen LogP contribution in [0.5, 0.6) is 0 Å². The Bertz CT molecular complexity index is 806. The number of alkyl halides is 3. The van der Waals surface area contributed by atoms with Crippen molar-refractivity contribution in [1.82, 2.24) is 9.55 Å². The van der Waals surface area contributed by atoms with E-state index in [0.717, 1.165) is 0 Å². The summed E-state index contributed by atoms with van der Waals surface area (Å²) in [6, 6.07) is 5.50. The molecule has 25 heavy (non-hydrogen) atoms. The van der Waals surface area contributed by atoms with Gasteiger partial charge in [0.1, 0.15) is 5.69 Å². The van der Waals surface area contributed by atoms with Crippen LogP contribution in [-0.2, 0) is 10.4 Å². The summed E-state index contributed by atoms with van der Waals surface area (Å²) < 4.78 is 45.7. The van der Waals surface area contributed by atoms with Crippen LogP contribution in [0.4, 0.5) is 13.2 Å². The van der Waals surface area contributed by atoms with Crippen molar-refractivity contribution in [2.75, 3.05) is 6.61 Å². The predicted molar refractivity (Wildman–Crippen MR) is 81.0 cm³/mol. The molecule has 0 N–H and O–H groups in total. The zero-order chi connectivity index (χ0) is 18.2. The van der Waals surface area contributed by atoms with Gasteiger partial charge in [0, 0.05) is 5.56 Å². The highest BCUT2D eigenvalue weighted by Crippen LogP contribution is 2.52. The molecule has 0 aliphatic carbocycles. The standard InChI is InChI=1S/C16H15F3N4O2/c1-3-25-14(24)13-8-20-9-23(13)10(2)11-4-6-12(7-5-11)15(21-22-15)16(17,18)19/h4-10H,3H2,1-2H3/t10-/m0/s1. The highest BCUT2D eigenvalue weighted by molar-refractivity contribution is 5.87. The van der Waals surface area contributed by atoms with Gasteiger partial charge in [0.25, 0.3) is 0 Å². The molecule has 0 saturated carbocycles. The molecule has 0 unspecified atom stereocenters. The molecule has 1 aromatic heterocycles. The van der Waals surface area contributed by atoms with Gasteiger partial charge < -0.3 is 9.30 Å². The number of nitrogens with zero attached hydrogens (tertiary/aromatic N) is 4. The maximum absolute atomic E-state index is 13.0. The Kier molecular flexibility index (Phi) is 4.09. The van der Waals surface area contributed by atoms with Gasteiger partial charge in [-0.15, -0.1) is 10.2 Å². The van der Waals surface area contributed by atoms with E-state index < -0.39 is 17.8 Å². The Hall–Kier alpha value is -2.71. The van der Waals surface area contributed by atoms with Crippen molar-refractivity contribution in [3.8, 4) is 0 Å². The van der Waals surface area contributed by atoms with Gasteiger partial charge in [-0.25, -0.2) is 9.78 Å². The molecule has 1 aliphatic rings. The van der Waals surface area contributed by atoms with Gasteiger partial charge in [-0.1, -0.05) is 24.3 Å². The molecule has 1 aliphatic heterocycles. The topological polar surface area (TPSA) is 68.8 Å². The second kappa shape index (κ2) is 5.98. The van der Waals surface area contributed by atoms with Crippen molar-refractivity contribution in [2.24, 2.45) is 10.2 Å². The molecule has 0 bridgehead atoms. The molecule has 0 radical (unpaired) electrons. The Morgan fingerprint density at radius 3 is 2.44 bits per heavy atom. The van der Waals surface area contributed by atoms with Crippen molar-refractivity contribution in [2.45, 2.75) is 31.7 Å². The molecule has 9 heteroatoms. The van der Waals surface area contributed by atoms with E-state index in [-0.39, 0.29) is 23.9 Å². The molecular formula is C16H15F3N4O2. The highest BCUT2D eigenvalue weighted by Gasteiger charge is 2.65. The number of carbonyl (C=O) groups is 1. The number of esters is 1. The van der Waals surface area contributed by atoms with E-state index in [1.165, 1.54) is 24.7 Å². The number of imidazole rings is 1. The molecule has 0 fully saturated rings. The van der Waals surface area contributed by atoms with Crippen molar-refractivity contribution in [3.63, 3.8) is 0 Å². The van der Waals surface area contributed by atoms with Crippen LogP contribution in [0.25, 0.3) is 0 Å². The molecule has 2 aromatic rings. The van der Waals surface area contributed by atoms with Crippen LogP contribution in [0, 0.1) is 0 Å². The van der Waals surface area contributed by atoms with Crippen LogP contribution in [0.15, 0.2) is 47.0 Å². The molecule has 6 nitrogen and oxygen atoms in total. The summed E-state index contributed by atoms with van der Waals surface area (Å²) in [6.45, 7) is 3.75. The fraction of sp³-hybridized carbons (Fsp3) is 0.375. The molecule has 1 atom stereocenters. The largest absolute Gasteiger partial charge is 0.461 e. The fourth-order valence-electron chi connectivity index (χ4n) is 2.57. The van der Waals surface area contributed by atoms with Crippen LogP contribution in [0.3, 0.4) is 0 Å². The Morgan fingerprint density at radius 1 is 1.28 bits per heavy atom. The maximum Gasteiger partial charge on any atom is 0.442 e. The van der Waals surface area contributed by atoms with Gasteiger partial charge in [-0.05, 0) is 19.4 Å². The summed E-state index contributed by atoms with van der Waals surface area (Å²) in [5.41, 5.74) is -1.48. The lowest BCUT2D eigenvalue weighted by Crippen LogP contribution is -2.30. The van der Waals surface area contributed by atoms with E-state index in [9.17, 15) is 18.0 Å². The lowest BCUT2D eigenvalue weighted by atomic mass is 9.99. The van der Waals surface area contributed by atoms with E-state index in [0.29, 0.717) is 5.56 Å². The second-order valence-corrected chi connectivity index (χ2v) is 5.57. The van der Waals surface area contributed by atoms with Crippen LogP contribution >= 0.6 is 0 Å². The third-order valence-electron chi connectivity index (χ3n) is 4.06. The average molecular weight is 352 g/mol. The van der Waals surface area contributed by atoms with E-state index in [1.807, 2.05) is 6.92 Å². The molecule has 3 rings (SSSR count). The van der Waals surface area contributed by atoms with Crippen LogP contribution in [0.1, 0.15) is 41.5 Å². The SMILES string of the molecule is CCOC(=O)c1cncn1[C@@H](C)c1ccc(C2(C(F)(F)F)N=N2)cc1. The number of halogens is 3. The van der Waals surface area contributed by atoms with Gasteiger partial charge in [0.2, 0.25) is 0 Å². The maximum atomic E-state index is 13.0. The Labute approximate surface area is 141 Å². The minimum Gasteiger partial charge on any atom is -0.461 e. The third-order valence-corrected chi connectivity index (χ3v) is 4.06. The first-order chi connectivity index (χ1) is 11.8. The summed E-state index contributed by atoms with van der Waals surface area (Å²) in [7, 11) is 0. The number of rotatable bonds is 5. The number of aromatic nitrogens is 2. The number of benzene rings is 1. The monoisotopic (exact) mass is 352 g/mol. The van der Waals surface area contributed by atoms with Gasteiger partial charge >= 0.3 is 17.8 Å². The van der Waals surface area contributed by atoms with Crippen LogP contribution < -0.4 is 0 Å². The molecule has 1 aromatic carbocycles. The summed E-state index contributed by atoms with van der Waals surface area (Å²) in [6.07, 6.45) is -1.68. The van der Waals surface area contributed by atoms with Crippen LogP contribution in [-0.4, -0.2) is 28.3 Å². The minimum absolute atomic E-state index is 0.0350. The number of carbonyl (C=O) groups excluding carboxylic acids is 1. The molecular weight excluding hydrogens is 337 g/mol. The highest BCUT2D eigenvalue weighted by atomic mass is 19.4. The Morgan fingerprint density at radius 2 is 1.92 bits per heavy atom. The average Bonchev–Trinajstić information content (AvgIpc) is 3.25.